The normalized spacial score (nSPS) is 12.6. The summed E-state index contributed by atoms with van der Waals surface area (Å²) in [5, 5.41) is 11.9. The summed E-state index contributed by atoms with van der Waals surface area (Å²) in [4.78, 5) is 10.7. The lowest BCUT2D eigenvalue weighted by Gasteiger charge is -2.11. The number of hydrogen-bond acceptors (Lipinski definition) is 2. The fourth-order valence-corrected chi connectivity index (χ4v) is 1.94. The molecule has 0 aliphatic carbocycles. The minimum absolute atomic E-state index is 0.362. The van der Waals surface area contributed by atoms with Gasteiger partial charge in [-0.3, -0.25) is 4.79 Å². The van der Waals surface area contributed by atoms with Crippen molar-refractivity contribution in [3.63, 3.8) is 0 Å². The van der Waals surface area contributed by atoms with Crippen LogP contribution in [-0.4, -0.2) is 23.7 Å². The Morgan fingerprint density at radius 2 is 1.53 bits per heavy atom. The lowest BCUT2D eigenvalue weighted by Crippen LogP contribution is -2.36. The maximum Gasteiger partial charge on any atom is 0.320 e. The highest BCUT2D eigenvalue weighted by Crippen LogP contribution is 2.08. The molecule has 0 radical (unpaired) electrons. The molecule has 0 heterocycles. The molecule has 1 atom stereocenters. The quantitative estimate of drug-likeness (QED) is 0.515. The third-order valence-electron chi connectivity index (χ3n) is 3.13. The van der Waals surface area contributed by atoms with Crippen LogP contribution in [0.5, 0.6) is 0 Å². The molecule has 3 heteroatoms. The predicted octanol–water partition coefficient (Wildman–Crippen LogP) is 3.58. The Hall–Kier alpha value is -0.570. The van der Waals surface area contributed by atoms with Crippen LogP contribution in [0.15, 0.2) is 0 Å². The fraction of sp³-hybridized carbons (Fsp3) is 0.929. The molecule has 0 amide bonds. The van der Waals surface area contributed by atoms with Crippen LogP contribution in [0.1, 0.15) is 71.6 Å². The maximum atomic E-state index is 10.7. The molecule has 102 valence electrons. The van der Waals surface area contributed by atoms with Gasteiger partial charge >= 0.3 is 5.97 Å². The minimum Gasteiger partial charge on any atom is -0.480 e. The van der Waals surface area contributed by atoms with E-state index in [0.29, 0.717) is 6.42 Å². The zero-order chi connectivity index (χ0) is 12.9. The molecule has 3 nitrogen and oxygen atoms in total. The standard InChI is InChI=1S/C14H29NO2/c1-3-5-6-7-8-9-10-11-12-15-13(4-2)14(16)17/h13,15H,3-12H2,1-2H3,(H,16,17). The number of aliphatic carboxylic acids is 1. The Morgan fingerprint density at radius 3 is 2.00 bits per heavy atom. The second-order valence-corrected chi connectivity index (χ2v) is 4.73. The van der Waals surface area contributed by atoms with Gasteiger partial charge in [0.25, 0.3) is 0 Å². The Morgan fingerprint density at radius 1 is 1.00 bits per heavy atom. The highest BCUT2D eigenvalue weighted by atomic mass is 16.4. The maximum absolute atomic E-state index is 10.7. The molecular formula is C14H29NO2. The lowest BCUT2D eigenvalue weighted by molar-refractivity contribution is -0.139. The van der Waals surface area contributed by atoms with Crippen molar-refractivity contribution in [1.82, 2.24) is 5.32 Å². The third kappa shape index (κ3) is 10.3. The highest BCUT2D eigenvalue weighted by molar-refractivity contribution is 5.73. The van der Waals surface area contributed by atoms with Crippen molar-refractivity contribution in [1.29, 1.82) is 0 Å². The van der Waals surface area contributed by atoms with Crippen LogP contribution in [0, 0.1) is 0 Å². The Balaban J connectivity index is 3.20. The molecule has 0 saturated carbocycles. The first-order chi connectivity index (χ1) is 8.22. The topological polar surface area (TPSA) is 49.3 Å². The molecule has 0 aromatic rings. The average molecular weight is 243 g/mol. The van der Waals surface area contributed by atoms with Gasteiger partial charge in [-0.15, -0.1) is 0 Å². The molecule has 0 fully saturated rings. The summed E-state index contributed by atoms with van der Waals surface area (Å²) >= 11 is 0. The van der Waals surface area contributed by atoms with Gasteiger partial charge in [0.15, 0.2) is 0 Å². The Bertz CT molecular complexity index is 183. The van der Waals surface area contributed by atoms with Crippen molar-refractivity contribution < 1.29 is 9.90 Å². The van der Waals surface area contributed by atoms with Crippen LogP contribution in [-0.2, 0) is 4.79 Å². The molecule has 0 aromatic heterocycles. The first kappa shape index (κ1) is 16.4. The fourth-order valence-electron chi connectivity index (χ4n) is 1.94. The Labute approximate surface area is 106 Å². The van der Waals surface area contributed by atoms with Crippen molar-refractivity contribution in [3.8, 4) is 0 Å². The third-order valence-corrected chi connectivity index (χ3v) is 3.13. The second-order valence-electron chi connectivity index (χ2n) is 4.73. The number of unbranched alkanes of at least 4 members (excludes halogenated alkanes) is 7. The summed E-state index contributed by atoms with van der Waals surface area (Å²) in [6.07, 6.45) is 11.0. The summed E-state index contributed by atoms with van der Waals surface area (Å²) < 4.78 is 0. The van der Waals surface area contributed by atoms with E-state index in [1.165, 1.54) is 44.9 Å². The Kier molecular flexibility index (Phi) is 11.5. The van der Waals surface area contributed by atoms with Crippen molar-refractivity contribution >= 4 is 5.97 Å². The summed E-state index contributed by atoms with van der Waals surface area (Å²) in [5.41, 5.74) is 0. The van der Waals surface area contributed by atoms with Gasteiger partial charge in [0.2, 0.25) is 0 Å². The molecule has 0 aliphatic rings. The smallest absolute Gasteiger partial charge is 0.320 e. The number of hydrogen-bond donors (Lipinski definition) is 2. The number of rotatable bonds is 12. The van der Waals surface area contributed by atoms with E-state index in [2.05, 4.69) is 12.2 Å². The van der Waals surface area contributed by atoms with Crippen LogP contribution in [0.25, 0.3) is 0 Å². The summed E-state index contributed by atoms with van der Waals surface area (Å²) in [6.45, 7) is 4.97. The van der Waals surface area contributed by atoms with E-state index in [0.717, 1.165) is 13.0 Å². The van der Waals surface area contributed by atoms with E-state index in [9.17, 15) is 4.79 Å². The van der Waals surface area contributed by atoms with Gasteiger partial charge in [-0.1, -0.05) is 58.8 Å². The van der Waals surface area contributed by atoms with E-state index in [4.69, 9.17) is 5.11 Å². The van der Waals surface area contributed by atoms with E-state index in [-0.39, 0.29) is 6.04 Å². The van der Waals surface area contributed by atoms with Gasteiger partial charge in [-0.25, -0.2) is 0 Å². The number of carboxylic acid groups (broad SMARTS) is 1. The van der Waals surface area contributed by atoms with Gasteiger partial charge < -0.3 is 10.4 Å². The van der Waals surface area contributed by atoms with Crippen molar-refractivity contribution in [3.05, 3.63) is 0 Å². The van der Waals surface area contributed by atoms with Crippen LogP contribution in [0.2, 0.25) is 0 Å². The first-order valence-electron chi connectivity index (χ1n) is 7.18. The van der Waals surface area contributed by atoms with Gasteiger partial charge in [0.05, 0.1) is 0 Å². The predicted molar refractivity (Wildman–Crippen MR) is 72.3 cm³/mol. The van der Waals surface area contributed by atoms with Gasteiger partial charge in [-0.05, 0) is 19.4 Å². The summed E-state index contributed by atoms with van der Waals surface area (Å²) in [6, 6.07) is -0.362. The molecule has 17 heavy (non-hydrogen) atoms. The first-order valence-corrected chi connectivity index (χ1v) is 7.18. The number of carboxylic acids is 1. The van der Waals surface area contributed by atoms with E-state index in [1.54, 1.807) is 0 Å². The molecule has 1 unspecified atom stereocenters. The molecule has 0 saturated heterocycles. The molecule has 0 spiro atoms. The van der Waals surface area contributed by atoms with E-state index in [1.807, 2.05) is 6.92 Å². The highest BCUT2D eigenvalue weighted by Gasteiger charge is 2.12. The second kappa shape index (κ2) is 11.9. The van der Waals surface area contributed by atoms with Crippen LogP contribution < -0.4 is 5.32 Å². The molecule has 2 N–H and O–H groups in total. The lowest BCUT2D eigenvalue weighted by atomic mass is 10.1. The molecule has 0 rings (SSSR count). The van der Waals surface area contributed by atoms with Crippen molar-refractivity contribution in [2.45, 2.75) is 77.7 Å². The number of nitrogens with one attached hydrogen (secondary N) is 1. The van der Waals surface area contributed by atoms with Gasteiger partial charge in [-0.2, -0.15) is 0 Å². The summed E-state index contributed by atoms with van der Waals surface area (Å²) in [5.74, 6) is -0.730. The zero-order valence-electron chi connectivity index (χ0n) is 11.5. The summed E-state index contributed by atoms with van der Waals surface area (Å²) in [7, 11) is 0. The van der Waals surface area contributed by atoms with Crippen molar-refractivity contribution in [2.24, 2.45) is 0 Å². The molecule has 0 aliphatic heterocycles. The monoisotopic (exact) mass is 243 g/mol. The van der Waals surface area contributed by atoms with E-state index < -0.39 is 5.97 Å². The van der Waals surface area contributed by atoms with Gasteiger partial charge in [0.1, 0.15) is 6.04 Å². The van der Waals surface area contributed by atoms with Crippen LogP contribution in [0.3, 0.4) is 0 Å². The minimum atomic E-state index is -0.730. The SMILES string of the molecule is CCCCCCCCCCNC(CC)C(=O)O. The van der Waals surface area contributed by atoms with Crippen LogP contribution >= 0.6 is 0 Å². The largest absolute Gasteiger partial charge is 0.480 e. The molecular weight excluding hydrogens is 214 g/mol. The zero-order valence-corrected chi connectivity index (χ0v) is 11.5. The van der Waals surface area contributed by atoms with Crippen LogP contribution in [0.4, 0.5) is 0 Å². The molecule has 0 bridgehead atoms. The average Bonchev–Trinajstić information content (AvgIpc) is 2.31. The van der Waals surface area contributed by atoms with E-state index >= 15 is 0 Å². The van der Waals surface area contributed by atoms with Gasteiger partial charge in [0, 0.05) is 0 Å². The van der Waals surface area contributed by atoms with Crippen molar-refractivity contribution in [2.75, 3.05) is 6.54 Å². The number of carbonyl (C=O) groups is 1. The molecule has 0 aromatic carbocycles.